The standard InChI is InChI=1S/C51H55N5O7/c1-34(52-33-47(59)42-19-22-46(58)50-43(42)20-23-48(60)54-50)30-36-11-8-10-35(31-36)18-21-45(57)38-14-9-15-39(32-38)55(2)49(61)26-29-56-27-24-40(25-28-56)63-51(62)53-44-17-7-6-16-41(44)37-12-4-3-5-13-37/h3-17,19-20,22-23,31-32,34,40,47,52,58-59H,18,21,24-30,33H2,1-2H3,(H,53,62)(H,54,60)/t34?,47-/m0/s1. The minimum absolute atomic E-state index is 0.00266. The fourth-order valence-corrected chi connectivity index (χ4v) is 8.17. The van der Waals surface area contributed by atoms with Gasteiger partial charge in [-0.15, -0.1) is 0 Å². The first-order valence-electron chi connectivity index (χ1n) is 21.6. The number of anilines is 2. The molecular formula is C51H55N5O7. The van der Waals surface area contributed by atoms with Crippen molar-refractivity contribution in [2.24, 2.45) is 0 Å². The van der Waals surface area contributed by atoms with Crippen molar-refractivity contribution in [1.82, 2.24) is 15.2 Å². The second kappa shape index (κ2) is 21.0. The Kier molecular flexibility index (Phi) is 14.8. The third-order valence-corrected chi connectivity index (χ3v) is 11.7. The summed E-state index contributed by atoms with van der Waals surface area (Å²) < 4.78 is 5.79. The average molecular weight is 850 g/mol. The number of aliphatic hydroxyl groups is 1. The van der Waals surface area contributed by atoms with Gasteiger partial charge in [0.1, 0.15) is 11.9 Å². The number of nitrogens with zero attached hydrogens (tertiary/aromatic N) is 2. The highest BCUT2D eigenvalue weighted by molar-refractivity contribution is 5.99. The van der Waals surface area contributed by atoms with E-state index >= 15 is 0 Å². The number of piperidine rings is 1. The summed E-state index contributed by atoms with van der Waals surface area (Å²) in [6, 6.07) is 39.1. The summed E-state index contributed by atoms with van der Waals surface area (Å²) >= 11 is 0. The van der Waals surface area contributed by atoms with E-state index in [9.17, 15) is 29.4 Å². The SMILES string of the molecule is CC(Cc1cccc(CCC(=O)c2cccc(N(C)C(=O)CCN3CCC(OC(=O)Nc4ccccc4-c4ccccc4)CC3)c2)c1)NC[C@H](O)c1ccc(O)c2[nH]c(=O)ccc12. The number of aromatic amines is 1. The average Bonchev–Trinajstić information content (AvgIpc) is 3.30. The number of nitrogens with one attached hydrogen (secondary N) is 3. The first kappa shape index (κ1) is 44.5. The molecule has 1 aliphatic rings. The Bertz CT molecular complexity index is 2590. The maximum Gasteiger partial charge on any atom is 0.411 e. The molecule has 0 bridgehead atoms. The summed E-state index contributed by atoms with van der Waals surface area (Å²) in [4.78, 5) is 57.8. The monoisotopic (exact) mass is 849 g/mol. The number of hydrogen-bond donors (Lipinski definition) is 5. The van der Waals surface area contributed by atoms with Gasteiger partial charge < -0.3 is 35.1 Å². The summed E-state index contributed by atoms with van der Waals surface area (Å²) in [7, 11) is 1.74. The van der Waals surface area contributed by atoms with Gasteiger partial charge in [-0.1, -0.05) is 91.0 Å². The molecule has 1 aromatic heterocycles. The third kappa shape index (κ3) is 11.9. The van der Waals surface area contributed by atoms with Crippen molar-refractivity contribution in [2.45, 2.75) is 63.7 Å². The molecule has 1 aliphatic heterocycles. The van der Waals surface area contributed by atoms with Crippen molar-refractivity contribution in [1.29, 1.82) is 0 Å². The summed E-state index contributed by atoms with van der Waals surface area (Å²) in [6.45, 7) is 4.34. The molecule has 0 aliphatic carbocycles. The zero-order valence-corrected chi connectivity index (χ0v) is 35.8. The van der Waals surface area contributed by atoms with Gasteiger partial charge in [-0.25, -0.2) is 4.79 Å². The maximum absolute atomic E-state index is 13.4. The number of rotatable bonds is 17. The van der Waals surface area contributed by atoms with Crippen LogP contribution in [0.1, 0.15) is 65.8 Å². The summed E-state index contributed by atoms with van der Waals surface area (Å²) in [6.07, 6.45) is 1.74. The predicted molar refractivity (Wildman–Crippen MR) is 247 cm³/mol. The van der Waals surface area contributed by atoms with E-state index in [1.807, 2.05) is 91.9 Å². The number of carbonyl (C=O) groups excluding carboxylic acids is 3. The summed E-state index contributed by atoms with van der Waals surface area (Å²) in [5.41, 5.74) is 6.58. The predicted octanol–water partition coefficient (Wildman–Crippen LogP) is 8.04. The molecule has 1 unspecified atom stereocenters. The van der Waals surface area contributed by atoms with Crippen LogP contribution in [0.5, 0.6) is 5.75 Å². The zero-order valence-electron chi connectivity index (χ0n) is 35.8. The smallest absolute Gasteiger partial charge is 0.411 e. The van der Waals surface area contributed by atoms with Crippen LogP contribution in [0, 0.1) is 0 Å². The van der Waals surface area contributed by atoms with Crippen molar-refractivity contribution in [3.63, 3.8) is 0 Å². The molecule has 12 heteroatoms. The van der Waals surface area contributed by atoms with Gasteiger partial charge in [0.2, 0.25) is 11.5 Å². The lowest BCUT2D eigenvalue weighted by molar-refractivity contribution is -0.118. The molecule has 12 nitrogen and oxygen atoms in total. The fourth-order valence-electron chi connectivity index (χ4n) is 8.17. The lowest BCUT2D eigenvalue weighted by Gasteiger charge is -2.31. The largest absolute Gasteiger partial charge is 0.506 e. The molecule has 326 valence electrons. The van der Waals surface area contributed by atoms with Gasteiger partial charge in [0.25, 0.3) is 0 Å². The Balaban J connectivity index is 0.826. The third-order valence-electron chi connectivity index (χ3n) is 11.7. The fraction of sp³-hybridized carbons (Fsp3) is 0.294. The van der Waals surface area contributed by atoms with Crippen LogP contribution in [-0.4, -0.2) is 83.3 Å². The van der Waals surface area contributed by atoms with Crippen molar-refractivity contribution >= 4 is 40.1 Å². The lowest BCUT2D eigenvalue weighted by atomic mass is 9.98. The Morgan fingerprint density at radius 2 is 1.60 bits per heavy atom. The number of amides is 2. The molecule has 0 radical (unpaired) electrons. The first-order chi connectivity index (χ1) is 30.5. The van der Waals surface area contributed by atoms with Crippen LogP contribution in [0.2, 0.25) is 0 Å². The van der Waals surface area contributed by atoms with E-state index in [1.54, 1.807) is 36.2 Å². The number of para-hydroxylation sites is 1. The molecule has 5 N–H and O–H groups in total. The molecule has 6 aromatic rings. The number of hydrogen-bond acceptors (Lipinski definition) is 9. The number of fused-ring (bicyclic) bond motifs is 1. The Labute approximate surface area is 367 Å². The van der Waals surface area contributed by atoms with E-state index in [1.165, 1.54) is 12.1 Å². The normalized spacial score (nSPS) is 14.2. The minimum atomic E-state index is -0.857. The quantitative estimate of drug-likeness (QED) is 0.0572. The van der Waals surface area contributed by atoms with E-state index < -0.39 is 12.2 Å². The van der Waals surface area contributed by atoms with Crippen molar-refractivity contribution in [3.8, 4) is 16.9 Å². The molecule has 7 rings (SSSR count). The number of carbonyl (C=O) groups is 3. The Hall–Kier alpha value is -6.60. The van der Waals surface area contributed by atoms with E-state index in [2.05, 4.69) is 26.6 Å². The molecular weight excluding hydrogens is 795 g/mol. The number of aromatic nitrogens is 1. The molecule has 1 fully saturated rings. The van der Waals surface area contributed by atoms with Gasteiger partial charge in [0.05, 0.1) is 17.3 Å². The second-order valence-electron chi connectivity index (χ2n) is 16.3. The molecule has 0 saturated carbocycles. The molecule has 2 amide bonds. The van der Waals surface area contributed by atoms with Crippen molar-refractivity contribution < 1.29 is 29.3 Å². The minimum Gasteiger partial charge on any atom is -0.506 e. The number of H-pyrrole nitrogens is 1. The number of aromatic hydroxyl groups is 1. The number of likely N-dealkylation sites (tertiary alicyclic amines) is 1. The second-order valence-corrected chi connectivity index (χ2v) is 16.3. The Morgan fingerprint density at radius 1 is 0.857 bits per heavy atom. The van der Waals surface area contributed by atoms with Crippen LogP contribution in [0.15, 0.2) is 132 Å². The van der Waals surface area contributed by atoms with Gasteiger partial charge >= 0.3 is 6.09 Å². The number of benzene rings is 5. The van der Waals surface area contributed by atoms with E-state index in [0.29, 0.717) is 91.6 Å². The van der Waals surface area contributed by atoms with Crippen LogP contribution in [0.4, 0.5) is 16.2 Å². The van der Waals surface area contributed by atoms with Crippen molar-refractivity contribution in [3.05, 3.63) is 160 Å². The van der Waals surface area contributed by atoms with Crippen LogP contribution >= 0.6 is 0 Å². The van der Waals surface area contributed by atoms with Gasteiger partial charge in [0.15, 0.2) is 5.78 Å². The molecule has 0 spiro atoms. The van der Waals surface area contributed by atoms with Crippen LogP contribution in [0.25, 0.3) is 22.0 Å². The van der Waals surface area contributed by atoms with Gasteiger partial charge in [-0.2, -0.15) is 0 Å². The number of ketones is 1. The number of aryl methyl sites for hydroxylation is 1. The highest BCUT2D eigenvalue weighted by Crippen LogP contribution is 2.30. The van der Waals surface area contributed by atoms with Crippen molar-refractivity contribution in [2.75, 3.05) is 43.4 Å². The molecule has 1 saturated heterocycles. The molecule has 2 atom stereocenters. The number of pyridine rings is 1. The number of ether oxygens (including phenoxy) is 1. The number of aliphatic hydroxyl groups excluding tert-OH is 1. The molecule has 2 heterocycles. The number of phenolic OH excluding ortho intramolecular Hbond substituents is 1. The summed E-state index contributed by atoms with van der Waals surface area (Å²) in [5, 5.41) is 28.1. The van der Waals surface area contributed by atoms with E-state index in [-0.39, 0.29) is 41.7 Å². The highest BCUT2D eigenvalue weighted by Gasteiger charge is 2.24. The van der Waals surface area contributed by atoms with Crippen LogP contribution < -0.4 is 21.1 Å². The molecule has 5 aromatic carbocycles. The lowest BCUT2D eigenvalue weighted by Crippen LogP contribution is -2.40. The highest BCUT2D eigenvalue weighted by atomic mass is 16.6. The van der Waals surface area contributed by atoms with E-state index in [4.69, 9.17) is 4.74 Å². The van der Waals surface area contributed by atoms with Gasteiger partial charge in [-0.3, -0.25) is 19.7 Å². The topological polar surface area (TPSA) is 164 Å². The van der Waals surface area contributed by atoms with Gasteiger partial charge in [0, 0.05) is 80.4 Å². The first-order valence-corrected chi connectivity index (χ1v) is 21.6. The summed E-state index contributed by atoms with van der Waals surface area (Å²) in [5.74, 6) is -0.0993. The number of Topliss-reactive ketones (excluding diaryl/α,β-unsaturated/α-hetero) is 1. The van der Waals surface area contributed by atoms with Crippen LogP contribution in [0.3, 0.4) is 0 Å². The molecule has 63 heavy (non-hydrogen) atoms. The van der Waals surface area contributed by atoms with E-state index in [0.717, 1.165) is 22.3 Å². The Morgan fingerprint density at radius 3 is 2.41 bits per heavy atom. The maximum atomic E-state index is 13.4. The van der Waals surface area contributed by atoms with Gasteiger partial charge in [-0.05, 0) is 85.2 Å². The number of phenols is 1. The van der Waals surface area contributed by atoms with Crippen LogP contribution in [-0.2, 0) is 22.4 Å². The zero-order chi connectivity index (χ0) is 44.3.